The van der Waals surface area contributed by atoms with E-state index in [-0.39, 0.29) is 23.1 Å². The highest BCUT2D eigenvalue weighted by molar-refractivity contribution is 8.03. The molecule has 43 heavy (non-hydrogen) atoms. The van der Waals surface area contributed by atoms with E-state index >= 15 is 0 Å². The van der Waals surface area contributed by atoms with Crippen LogP contribution < -0.4 is 9.46 Å². The number of ether oxygens (including phenoxy) is 2. The van der Waals surface area contributed by atoms with Gasteiger partial charge in [0.25, 0.3) is 0 Å². The van der Waals surface area contributed by atoms with Gasteiger partial charge in [-0.3, -0.25) is 9.59 Å². The van der Waals surface area contributed by atoms with E-state index in [2.05, 4.69) is 29.0 Å². The van der Waals surface area contributed by atoms with Crippen LogP contribution in [0, 0.1) is 11.8 Å². The predicted octanol–water partition coefficient (Wildman–Crippen LogP) is 4.74. The molecule has 3 saturated heterocycles. The van der Waals surface area contributed by atoms with E-state index in [1.807, 2.05) is 54.6 Å². The Balaban J connectivity index is 1.01. The van der Waals surface area contributed by atoms with Gasteiger partial charge in [0.1, 0.15) is 17.1 Å². The van der Waals surface area contributed by atoms with E-state index in [1.165, 1.54) is 22.9 Å². The molecule has 3 aliphatic heterocycles. The first kappa shape index (κ1) is 25.8. The zero-order valence-corrected chi connectivity index (χ0v) is 24.5. The molecule has 7 nitrogen and oxygen atoms in total. The zero-order valence-electron chi connectivity index (χ0n) is 22.8. The number of rotatable bonds is 4. The molecule has 7 atom stereocenters. The lowest BCUT2D eigenvalue weighted by Gasteiger charge is -2.44. The van der Waals surface area contributed by atoms with Crippen LogP contribution in [0.1, 0.15) is 40.5 Å². The molecule has 0 spiro atoms. The summed E-state index contributed by atoms with van der Waals surface area (Å²) in [5, 5.41) is 0.118. The van der Waals surface area contributed by atoms with Crippen LogP contribution in [0.4, 0.5) is 0 Å². The largest absolute Gasteiger partial charge is 0.459 e. The van der Waals surface area contributed by atoms with Crippen molar-refractivity contribution in [3.63, 3.8) is 0 Å². The van der Waals surface area contributed by atoms with E-state index < -0.39 is 50.5 Å². The average Bonchev–Trinajstić information content (AvgIpc) is 3.64. The standard InChI is InChI=1S/C34H27NO6S2/c36-33(25-16-24-20-9-3-5-11-22(20)26(25)23-12-6-4-10-21(23)24)41-29-28-31-32(43(38,39)35-28)27(30(29)42-31)34(37)40-19-14-13-17-7-1-2-8-18(17)15-19/h1-15,24-32,35H,16H2. The minimum atomic E-state index is -3.80. The molecule has 0 radical (unpaired) electrons. The van der Waals surface area contributed by atoms with Gasteiger partial charge in [-0.25, -0.2) is 13.1 Å². The number of hydrogen-bond acceptors (Lipinski definition) is 7. The summed E-state index contributed by atoms with van der Waals surface area (Å²) in [6.45, 7) is 0. The molecule has 6 aliphatic rings. The fraction of sp³-hybridized carbons (Fsp3) is 0.294. The molecule has 0 aromatic heterocycles. The Labute approximate surface area is 253 Å². The van der Waals surface area contributed by atoms with Crippen molar-refractivity contribution < 1.29 is 27.5 Å². The molecule has 0 amide bonds. The normalized spacial score (nSPS) is 33.6. The molecule has 1 N–H and O–H groups in total. The molecule has 0 saturated carbocycles. The first-order chi connectivity index (χ1) is 20.9. The van der Waals surface area contributed by atoms with Crippen molar-refractivity contribution in [3.8, 4) is 5.75 Å². The third kappa shape index (κ3) is 3.68. The second-order valence-electron chi connectivity index (χ2n) is 12.2. The van der Waals surface area contributed by atoms with Crippen molar-refractivity contribution in [2.24, 2.45) is 11.8 Å². The van der Waals surface area contributed by atoms with Crippen molar-refractivity contribution in [3.05, 3.63) is 113 Å². The van der Waals surface area contributed by atoms with Gasteiger partial charge in [-0.1, -0.05) is 78.9 Å². The minimum Gasteiger partial charge on any atom is -0.459 e. The fourth-order valence-electron chi connectivity index (χ4n) is 8.38. The molecule has 4 aromatic carbocycles. The molecular formula is C34H27NO6S2. The topological polar surface area (TPSA) is 98.8 Å². The van der Waals surface area contributed by atoms with Crippen LogP contribution in [-0.2, 0) is 24.3 Å². The molecule has 3 fully saturated rings. The number of thioether (sulfide) groups is 1. The van der Waals surface area contributed by atoms with Crippen molar-refractivity contribution >= 4 is 44.5 Å². The van der Waals surface area contributed by atoms with Crippen LogP contribution in [0.15, 0.2) is 91.0 Å². The van der Waals surface area contributed by atoms with Crippen molar-refractivity contribution in [1.82, 2.24) is 4.72 Å². The van der Waals surface area contributed by atoms with Crippen LogP contribution in [0.5, 0.6) is 5.75 Å². The molecule has 4 bridgehead atoms. The SMILES string of the molecule is O=C(OC1C2NS(=O)(=O)C3C2SC1C3C(=O)Oc1ccc2ccccc2c1)C1CC2c3ccccc3C1c1ccccc12. The Bertz CT molecular complexity index is 1910. The van der Waals surface area contributed by atoms with Gasteiger partial charge in [-0.15, -0.1) is 11.8 Å². The van der Waals surface area contributed by atoms with Gasteiger partial charge in [-0.05, 0) is 51.6 Å². The van der Waals surface area contributed by atoms with Gasteiger partial charge in [0.15, 0.2) is 0 Å². The van der Waals surface area contributed by atoms with Gasteiger partial charge in [0.05, 0.1) is 23.1 Å². The summed E-state index contributed by atoms with van der Waals surface area (Å²) >= 11 is 1.43. The molecule has 3 aliphatic carbocycles. The van der Waals surface area contributed by atoms with Crippen molar-refractivity contribution in [2.75, 3.05) is 0 Å². The quantitative estimate of drug-likeness (QED) is 0.264. The van der Waals surface area contributed by atoms with E-state index in [9.17, 15) is 18.0 Å². The third-order valence-electron chi connectivity index (χ3n) is 10.1. The summed E-state index contributed by atoms with van der Waals surface area (Å²) < 4.78 is 41.4. The number of benzene rings is 4. The third-order valence-corrected chi connectivity index (χ3v) is 14.0. The zero-order chi connectivity index (χ0) is 29.0. The maximum atomic E-state index is 14.0. The second-order valence-corrected chi connectivity index (χ2v) is 15.4. The van der Waals surface area contributed by atoms with Crippen LogP contribution in [0.3, 0.4) is 0 Å². The van der Waals surface area contributed by atoms with Gasteiger partial charge in [0.2, 0.25) is 10.0 Å². The summed E-state index contributed by atoms with van der Waals surface area (Å²) in [6.07, 6.45) is -0.117. The summed E-state index contributed by atoms with van der Waals surface area (Å²) in [6, 6.07) is 29.2. The first-order valence-corrected chi connectivity index (χ1v) is 17.1. The monoisotopic (exact) mass is 609 g/mol. The summed E-state index contributed by atoms with van der Waals surface area (Å²) in [4.78, 5) is 27.7. The molecule has 9 heteroatoms. The lowest BCUT2D eigenvalue weighted by atomic mass is 9.59. The molecule has 216 valence electrons. The second kappa shape index (κ2) is 9.17. The van der Waals surface area contributed by atoms with Crippen molar-refractivity contribution in [1.29, 1.82) is 0 Å². The molecular weight excluding hydrogens is 583 g/mol. The fourth-order valence-corrected chi connectivity index (χ4v) is 13.1. The Morgan fingerprint density at radius 1 is 0.767 bits per heavy atom. The lowest BCUT2D eigenvalue weighted by Crippen LogP contribution is -2.52. The maximum Gasteiger partial charge on any atom is 0.317 e. The lowest BCUT2D eigenvalue weighted by molar-refractivity contribution is -0.159. The Morgan fingerprint density at radius 2 is 1.42 bits per heavy atom. The number of carbonyl (C=O) groups excluding carboxylic acids is 2. The maximum absolute atomic E-state index is 14.0. The van der Waals surface area contributed by atoms with Gasteiger partial charge in [-0.2, -0.15) is 0 Å². The van der Waals surface area contributed by atoms with Crippen LogP contribution >= 0.6 is 11.8 Å². The van der Waals surface area contributed by atoms with Gasteiger partial charge in [0, 0.05) is 17.1 Å². The van der Waals surface area contributed by atoms with Crippen LogP contribution in [-0.4, -0.2) is 48.3 Å². The predicted molar refractivity (Wildman–Crippen MR) is 162 cm³/mol. The molecule has 3 heterocycles. The van der Waals surface area contributed by atoms with E-state index in [0.29, 0.717) is 12.2 Å². The van der Waals surface area contributed by atoms with E-state index in [0.717, 1.165) is 21.9 Å². The Kier molecular flexibility index (Phi) is 5.50. The number of esters is 2. The molecule has 7 unspecified atom stereocenters. The number of fused-ring (bicyclic) bond motifs is 3. The van der Waals surface area contributed by atoms with Crippen molar-refractivity contribution in [2.45, 2.75) is 46.2 Å². The Hall–Kier alpha value is -3.66. The highest BCUT2D eigenvalue weighted by Gasteiger charge is 2.72. The van der Waals surface area contributed by atoms with E-state index in [4.69, 9.17) is 9.47 Å². The smallest absolute Gasteiger partial charge is 0.317 e. The number of hydrogen-bond donors (Lipinski definition) is 1. The highest BCUT2D eigenvalue weighted by Crippen LogP contribution is 2.59. The first-order valence-electron chi connectivity index (χ1n) is 14.6. The Morgan fingerprint density at radius 3 is 2.14 bits per heavy atom. The summed E-state index contributed by atoms with van der Waals surface area (Å²) in [5.74, 6) is -1.94. The molecule has 4 aromatic rings. The number of nitrogens with one attached hydrogen (secondary N) is 1. The minimum absolute atomic E-state index is 0.100. The highest BCUT2D eigenvalue weighted by atomic mass is 32.2. The number of sulfonamides is 1. The van der Waals surface area contributed by atoms with Gasteiger partial charge < -0.3 is 9.47 Å². The van der Waals surface area contributed by atoms with Crippen LogP contribution in [0.25, 0.3) is 10.8 Å². The summed E-state index contributed by atoms with van der Waals surface area (Å²) in [5.41, 5.74) is 4.82. The molecule has 10 rings (SSSR count). The van der Waals surface area contributed by atoms with E-state index in [1.54, 1.807) is 12.1 Å². The average molecular weight is 610 g/mol. The van der Waals surface area contributed by atoms with Gasteiger partial charge >= 0.3 is 11.9 Å². The number of carbonyl (C=O) groups is 2. The summed E-state index contributed by atoms with van der Waals surface area (Å²) in [7, 11) is -3.80. The van der Waals surface area contributed by atoms with Crippen LogP contribution in [0.2, 0.25) is 0 Å².